The van der Waals surface area contributed by atoms with Crippen LogP contribution in [-0.4, -0.2) is 16.9 Å². The molecule has 106 valence electrons. The molecule has 1 aliphatic rings. The lowest BCUT2D eigenvalue weighted by Crippen LogP contribution is -2.42. The van der Waals surface area contributed by atoms with E-state index in [1.165, 1.54) is 18.2 Å². The van der Waals surface area contributed by atoms with Crippen molar-refractivity contribution in [3.8, 4) is 0 Å². The Labute approximate surface area is 109 Å². The van der Waals surface area contributed by atoms with Gasteiger partial charge in [-0.05, 0) is 37.3 Å². The highest BCUT2D eigenvalue weighted by atomic mass is 19.4. The minimum absolute atomic E-state index is 0.0447. The van der Waals surface area contributed by atoms with Gasteiger partial charge in [-0.3, -0.25) is 0 Å². The molecule has 0 aliphatic heterocycles. The molecule has 0 aromatic heterocycles. The summed E-state index contributed by atoms with van der Waals surface area (Å²) in [5, 5.41) is 10.3. The molecule has 19 heavy (non-hydrogen) atoms. The molecule has 1 saturated carbocycles. The van der Waals surface area contributed by atoms with Gasteiger partial charge >= 0.3 is 6.18 Å². The van der Waals surface area contributed by atoms with Crippen LogP contribution in [0.5, 0.6) is 0 Å². The van der Waals surface area contributed by atoms with E-state index in [1.807, 2.05) is 0 Å². The Hall–Kier alpha value is -1.10. The van der Waals surface area contributed by atoms with Crippen LogP contribution in [0.2, 0.25) is 0 Å². The maximum absolute atomic E-state index is 13.5. The van der Waals surface area contributed by atoms with Crippen LogP contribution < -0.4 is 0 Å². The zero-order chi connectivity index (χ0) is 14.1. The molecule has 0 spiro atoms. The average molecular weight is 276 g/mol. The lowest BCUT2D eigenvalue weighted by Gasteiger charge is -2.37. The van der Waals surface area contributed by atoms with Crippen molar-refractivity contribution in [1.29, 1.82) is 0 Å². The van der Waals surface area contributed by atoms with Crippen LogP contribution in [0, 0.1) is 11.7 Å². The third-order valence-electron chi connectivity index (χ3n) is 3.76. The standard InChI is InChI=1S/C14H16F4O/c15-12-6-2-1-4-10(12)8-13(19)7-3-5-11(9-13)14(16,17)18/h1-2,4,6,11,19H,3,5,7-9H2. The van der Waals surface area contributed by atoms with E-state index >= 15 is 0 Å². The van der Waals surface area contributed by atoms with Crippen molar-refractivity contribution >= 4 is 0 Å². The monoisotopic (exact) mass is 276 g/mol. The summed E-state index contributed by atoms with van der Waals surface area (Å²) in [4.78, 5) is 0. The number of benzene rings is 1. The Bertz CT molecular complexity index is 443. The van der Waals surface area contributed by atoms with E-state index in [0.29, 0.717) is 6.42 Å². The van der Waals surface area contributed by atoms with Crippen molar-refractivity contribution in [1.82, 2.24) is 0 Å². The summed E-state index contributed by atoms with van der Waals surface area (Å²) in [5.74, 6) is -1.97. The van der Waals surface area contributed by atoms with Gasteiger partial charge in [0.25, 0.3) is 0 Å². The lowest BCUT2D eigenvalue weighted by atomic mass is 9.75. The number of hydrogen-bond donors (Lipinski definition) is 1. The average Bonchev–Trinajstić information content (AvgIpc) is 2.31. The van der Waals surface area contributed by atoms with Gasteiger partial charge in [0, 0.05) is 6.42 Å². The highest BCUT2D eigenvalue weighted by Crippen LogP contribution is 2.43. The maximum Gasteiger partial charge on any atom is 0.391 e. The topological polar surface area (TPSA) is 20.2 Å². The summed E-state index contributed by atoms with van der Waals surface area (Å²) in [6, 6.07) is 5.89. The third kappa shape index (κ3) is 3.47. The summed E-state index contributed by atoms with van der Waals surface area (Å²) in [6.07, 6.45) is -4.05. The SMILES string of the molecule is OC1(Cc2ccccc2F)CCCC(C(F)(F)F)C1. The predicted octanol–water partition coefficient (Wildman–Crippen LogP) is 3.85. The normalized spacial score (nSPS) is 28.4. The van der Waals surface area contributed by atoms with E-state index < -0.39 is 23.5 Å². The number of halogens is 4. The van der Waals surface area contributed by atoms with E-state index in [9.17, 15) is 22.7 Å². The largest absolute Gasteiger partial charge is 0.391 e. The second-order valence-corrected chi connectivity index (χ2v) is 5.33. The molecular formula is C14H16F4O. The van der Waals surface area contributed by atoms with Crippen LogP contribution in [0.3, 0.4) is 0 Å². The summed E-state index contributed by atoms with van der Waals surface area (Å²) in [6.45, 7) is 0. The van der Waals surface area contributed by atoms with Gasteiger partial charge in [-0.2, -0.15) is 13.2 Å². The van der Waals surface area contributed by atoms with Gasteiger partial charge in [-0.15, -0.1) is 0 Å². The Balaban J connectivity index is 2.12. The summed E-state index contributed by atoms with van der Waals surface area (Å²) in [5.41, 5.74) is -1.19. The first-order valence-electron chi connectivity index (χ1n) is 6.33. The van der Waals surface area contributed by atoms with Crippen LogP contribution >= 0.6 is 0 Å². The zero-order valence-corrected chi connectivity index (χ0v) is 10.4. The molecule has 1 aromatic rings. The molecule has 2 atom stereocenters. The molecule has 0 bridgehead atoms. The molecule has 1 fully saturated rings. The van der Waals surface area contributed by atoms with Crippen LogP contribution in [0.1, 0.15) is 31.2 Å². The molecular weight excluding hydrogens is 260 g/mol. The highest BCUT2D eigenvalue weighted by Gasteiger charge is 2.47. The van der Waals surface area contributed by atoms with Crippen molar-refractivity contribution < 1.29 is 22.7 Å². The van der Waals surface area contributed by atoms with Gasteiger partial charge in [0.1, 0.15) is 5.82 Å². The summed E-state index contributed by atoms with van der Waals surface area (Å²) in [7, 11) is 0. The molecule has 1 aromatic carbocycles. The van der Waals surface area contributed by atoms with Gasteiger partial charge in [0.15, 0.2) is 0 Å². The number of rotatable bonds is 2. The fraction of sp³-hybridized carbons (Fsp3) is 0.571. The van der Waals surface area contributed by atoms with Gasteiger partial charge in [0.2, 0.25) is 0 Å². The number of alkyl halides is 3. The van der Waals surface area contributed by atoms with Crippen LogP contribution in [0.4, 0.5) is 17.6 Å². The maximum atomic E-state index is 13.5. The lowest BCUT2D eigenvalue weighted by molar-refractivity contribution is -0.200. The fourth-order valence-corrected chi connectivity index (χ4v) is 2.78. The molecule has 2 rings (SSSR count). The molecule has 2 unspecified atom stereocenters. The third-order valence-corrected chi connectivity index (χ3v) is 3.76. The predicted molar refractivity (Wildman–Crippen MR) is 63.1 cm³/mol. The van der Waals surface area contributed by atoms with Crippen LogP contribution in [0.25, 0.3) is 0 Å². The Morgan fingerprint density at radius 1 is 1.26 bits per heavy atom. The quantitative estimate of drug-likeness (QED) is 0.813. The minimum atomic E-state index is -4.29. The molecule has 0 heterocycles. The van der Waals surface area contributed by atoms with Crippen molar-refractivity contribution in [2.24, 2.45) is 5.92 Å². The number of hydrogen-bond acceptors (Lipinski definition) is 1. The Kier molecular flexibility index (Phi) is 3.85. The smallest absolute Gasteiger partial charge is 0.390 e. The molecule has 0 amide bonds. The molecule has 0 radical (unpaired) electrons. The Morgan fingerprint density at radius 3 is 2.58 bits per heavy atom. The van der Waals surface area contributed by atoms with Crippen LogP contribution in [-0.2, 0) is 6.42 Å². The molecule has 0 saturated heterocycles. The van der Waals surface area contributed by atoms with Crippen LogP contribution in [0.15, 0.2) is 24.3 Å². The first-order valence-corrected chi connectivity index (χ1v) is 6.33. The summed E-state index contributed by atoms with van der Waals surface area (Å²) >= 11 is 0. The van der Waals surface area contributed by atoms with Crippen molar-refractivity contribution in [3.63, 3.8) is 0 Å². The van der Waals surface area contributed by atoms with Crippen molar-refractivity contribution in [2.45, 2.75) is 43.9 Å². The second kappa shape index (κ2) is 5.12. The van der Waals surface area contributed by atoms with E-state index in [2.05, 4.69) is 0 Å². The molecule has 1 N–H and O–H groups in total. The van der Waals surface area contributed by atoms with Gasteiger partial charge < -0.3 is 5.11 Å². The minimum Gasteiger partial charge on any atom is -0.390 e. The van der Waals surface area contributed by atoms with Crippen molar-refractivity contribution in [2.75, 3.05) is 0 Å². The molecule has 1 aliphatic carbocycles. The fourth-order valence-electron chi connectivity index (χ4n) is 2.78. The first-order chi connectivity index (χ1) is 8.80. The Morgan fingerprint density at radius 2 is 1.95 bits per heavy atom. The first kappa shape index (κ1) is 14.3. The highest BCUT2D eigenvalue weighted by molar-refractivity contribution is 5.19. The van der Waals surface area contributed by atoms with Crippen molar-refractivity contribution in [3.05, 3.63) is 35.6 Å². The molecule has 5 heteroatoms. The summed E-state index contributed by atoms with van der Waals surface area (Å²) < 4.78 is 51.7. The molecule has 1 nitrogen and oxygen atoms in total. The van der Waals surface area contributed by atoms with E-state index in [4.69, 9.17) is 0 Å². The van der Waals surface area contributed by atoms with Gasteiger partial charge in [-0.25, -0.2) is 4.39 Å². The number of aliphatic hydroxyl groups is 1. The second-order valence-electron chi connectivity index (χ2n) is 5.33. The van der Waals surface area contributed by atoms with E-state index in [0.717, 1.165) is 0 Å². The van der Waals surface area contributed by atoms with Gasteiger partial charge in [0.05, 0.1) is 11.5 Å². The zero-order valence-electron chi connectivity index (χ0n) is 10.4. The van der Waals surface area contributed by atoms with E-state index in [1.54, 1.807) is 6.07 Å². The van der Waals surface area contributed by atoms with E-state index in [-0.39, 0.29) is 31.2 Å². The van der Waals surface area contributed by atoms with Gasteiger partial charge in [-0.1, -0.05) is 18.2 Å².